The van der Waals surface area contributed by atoms with Crippen LogP contribution in [0.1, 0.15) is 21.5 Å². The first-order chi connectivity index (χ1) is 9.18. The average Bonchev–Trinajstić information content (AvgIpc) is 2.41. The van der Waals surface area contributed by atoms with Crippen molar-refractivity contribution < 1.29 is 4.79 Å². The Balaban J connectivity index is 1.94. The van der Waals surface area contributed by atoms with Crippen LogP contribution in [0.3, 0.4) is 0 Å². The largest absolute Gasteiger partial charge is 0.352 e. The summed E-state index contributed by atoms with van der Waals surface area (Å²) in [6.45, 7) is 2.68. The van der Waals surface area contributed by atoms with Gasteiger partial charge in [-0.15, -0.1) is 0 Å². The number of rotatable bonds is 4. The van der Waals surface area contributed by atoms with Crippen molar-refractivity contribution in [2.75, 3.05) is 6.54 Å². The SMILES string of the molecule is Cc1ccccc1CCNC(=O)c1ccc[nH]c1=S. The number of hydrogen-bond donors (Lipinski definition) is 2. The molecule has 19 heavy (non-hydrogen) atoms. The fraction of sp³-hybridized carbons (Fsp3) is 0.200. The van der Waals surface area contributed by atoms with Crippen molar-refractivity contribution in [3.63, 3.8) is 0 Å². The lowest BCUT2D eigenvalue weighted by Crippen LogP contribution is -2.26. The topological polar surface area (TPSA) is 44.9 Å². The lowest BCUT2D eigenvalue weighted by molar-refractivity contribution is 0.0953. The van der Waals surface area contributed by atoms with Crippen LogP contribution in [0.25, 0.3) is 0 Å². The van der Waals surface area contributed by atoms with Crippen LogP contribution in [0.2, 0.25) is 0 Å². The number of nitrogens with one attached hydrogen (secondary N) is 2. The Bertz CT molecular complexity index is 634. The summed E-state index contributed by atoms with van der Waals surface area (Å²) in [5.74, 6) is -0.129. The van der Waals surface area contributed by atoms with Crippen LogP contribution in [-0.2, 0) is 6.42 Å². The molecule has 0 aliphatic rings. The summed E-state index contributed by atoms with van der Waals surface area (Å²) in [4.78, 5) is 14.8. The summed E-state index contributed by atoms with van der Waals surface area (Å²) in [5, 5.41) is 2.89. The molecule has 4 heteroatoms. The van der Waals surface area contributed by atoms with Crippen LogP contribution >= 0.6 is 12.2 Å². The number of aryl methyl sites for hydroxylation is 1. The number of carbonyl (C=O) groups is 1. The predicted octanol–water partition coefficient (Wildman–Crippen LogP) is 3.03. The van der Waals surface area contributed by atoms with E-state index in [1.807, 2.05) is 12.1 Å². The molecule has 0 aliphatic heterocycles. The summed E-state index contributed by atoms with van der Waals surface area (Å²) < 4.78 is 0.468. The minimum atomic E-state index is -0.129. The van der Waals surface area contributed by atoms with Gasteiger partial charge in [-0.25, -0.2) is 0 Å². The van der Waals surface area contributed by atoms with Crippen molar-refractivity contribution in [1.29, 1.82) is 0 Å². The third kappa shape index (κ3) is 3.51. The second-order valence-electron chi connectivity index (χ2n) is 4.35. The molecule has 0 aliphatic carbocycles. The van der Waals surface area contributed by atoms with Gasteiger partial charge in [0.25, 0.3) is 5.91 Å². The lowest BCUT2D eigenvalue weighted by Gasteiger charge is -2.07. The van der Waals surface area contributed by atoms with Gasteiger partial charge in [0.2, 0.25) is 0 Å². The molecule has 0 bridgehead atoms. The van der Waals surface area contributed by atoms with Gasteiger partial charge in [-0.3, -0.25) is 4.79 Å². The van der Waals surface area contributed by atoms with Crippen molar-refractivity contribution >= 4 is 18.1 Å². The third-order valence-corrected chi connectivity index (χ3v) is 3.34. The number of benzene rings is 1. The Hall–Kier alpha value is -1.94. The fourth-order valence-corrected chi connectivity index (χ4v) is 2.13. The Labute approximate surface area is 117 Å². The predicted molar refractivity (Wildman–Crippen MR) is 78.8 cm³/mol. The fourth-order valence-electron chi connectivity index (χ4n) is 1.90. The van der Waals surface area contributed by atoms with E-state index in [0.717, 1.165) is 6.42 Å². The van der Waals surface area contributed by atoms with Gasteiger partial charge in [-0.05, 0) is 36.6 Å². The molecule has 2 rings (SSSR count). The van der Waals surface area contributed by atoms with Crippen LogP contribution in [-0.4, -0.2) is 17.4 Å². The highest BCUT2D eigenvalue weighted by molar-refractivity contribution is 7.71. The van der Waals surface area contributed by atoms with E-state index in [-0.39, 0.29) is 5.91 Å². The number of hydrogen-bond acceptors (Lipinski definition) is 2. The van der Waals surface area contributed by atoms with Gasteiger partial charge in [0.1, 0.15) is 4.64 Å². The quantitative estimate of drug-likeness (QED) is 0.840. The van der Waals surface area contributed by atoms with Gasteiger partial charge in [0.05, 0.1) is 5.56 Å². The normalized spacial score (nSPS) is 10.2. The van der Waals surface area contributed by atoms with Crippen LogP contribution in [0.4, 0.5) is 0 Å². The molecule has 0 unspecified atom stereocenters. The number of carbonyl (C=O) groups excluding carboxylic acids is 1. The van der Waals surface area contributed by atoms with Crippen molar-refractivity contribution in [1.82, 2.24) is 10.3 Å². The summed E-state index contributed by atoms with van der Waals surface area (Å²) in [7, 11) is 0. The minimum Gasteiger partial charge on any atom is -0.352 e. The minimum absolute atomic E-state index is 0.129. The highest BCUT2D eigenvalue weighted by Crippen LogP contribution is 2.07. The van der Waals surface area contributed by atoms with Gasteiger partial charge in [0, 0.05) is 12.7 Å². The first kappa shape index (κ1) is 13.5. The molecular weight excluding hydrogens is 256 g/mol. The highest BCUT2D eigenvalue weighted by atomic mass is 32.1. The summed E-state index contributed by atoms with van der Waals surface area (Å²) >= 11 is 5.08. The highest BCUT2D eigenvalue weighted by Gasteiger charge is 2.06. The van der Waals surface area contributed by atoms with Gasteiger partial charge in [-0.1, -0.05) is 36.5 Å². The number of H-pyrrole nitrogens is 1. The smallest absolute Gasteiger partial charge is 0.254 e. The number of aromatic nitrogens is 1. The van der Waals surface area contributed by atoms with E-state index in [2.05, 4.69) is 29.4 Å². The van der Waals surface area contributed by atoms with E-state index in [4.69, 9.17) is 12.2 Å². The second-order valence-corrected chi connectivity index (χ2v) is 4.75. The van der Waals surface area contributed by atoms with Crippen molar-refractivity contribution in [2.24, 2.45) is 0 Å². The van der Waals surface area contributed by atoms with Gasteiger partial charge in [-0.2, -0.15) is 0 Å². The average molecular weight is 272 g/mol. The van der Waals surface area contributed by atoms with Crippen LogP contribution in [0, 0.1) is 11.6 Å². The molecule has 3 nitrogen and oxygen atoms in total. The Morgan fingerprint density at radius 3 is 2.79 bits per heavy atom. The Morgan fingerprint density at radius 1 is 1.26 bits per heavy atom. The van der Waals surface area contributed by atoms with Gasteiger partial charge < -0.3 is 10.3 Å². The van der Waals surface area contributed by atoms with Crippen LogP contribution < -0.4 is 5.32 Å². The van der Waals surface area contributed by atoms with E-state index < -0.39 is 0 Å². The molecule has 1 amide bonds. The maximum absolute atomic E-state index is 11.9. The summed E-state index contributed by atoms with van der Waals surface area (Å²) in [5.41, 5.74) is 3.01. The van der Waals surface area contributed by atoms with Crippen molar-refractivity contribution in [3.8, 4) is 0 Å². The molecule has 1 aromatic heterocycles. The molecule has 2 N–H and O–H groups in total. The molecule has 1 aromatic carbocycles. The first-order valence-corrected chi connectivity index (χ1v) is 6.59. The van der Waals surface area contributed by atoms with Crippen molar-refractivity contribution in [3.05, 3.63) is 63.9 Å². The Kier molecular flexibility index (Phi) is 4.47. The van der Waals surface area contributed by atoms with E-state index >= 15 is 0 Å². The molecular formula is C15H16N2OS. The zero-order chi connectivity index (χ0) is 13.7. The van der Waals surface area contributed by atoms with Crippen molar-refractivity contribution in [2.45, 2.75) is 13.3 Å². The third-order valence-electron chi connectivity index (χ3n) is 3.00. The summed E-state index contributed by atoms with van der Waals surface area (Å²) in [6, 6.07) is 11.7. The molecule has 2 aromatic rings. The first-order valence-electron chi connectivity index (χ1n) is 6.19. The van der Waals surface area contributed by atoms with E-state index in [1.165, 1.54) is 11.1 Å². The van der Waals surface area contributed by atoms with E-state index in [9.17, 15) is 4.79 Å². The summed E-state index contributed by atoms with van der Waals surface area (Å²) in [6.07, 6.45) is 2.54. The van der Waals surface area contributed by atoms with E-state index in [0.29, 0.717) is 16.7 Å². The zero-order valence-electron chi connectivity index (χ0n) is 10.8. The standard InChI is InChI=1S/C15H16N2OS/c1-11-5-2-3-6-12(11)8-10-16-14(18)13-7-4-9-17-15(13)19/h2-7,9H,8,10H2,1H3,(H,16,18)(H,17,19). The number of aromatic amines is 1. The molecule has 1 heterocycles. The van der Waals surface area contributed by atoms with Gasteiger partial charge >= 0.3 is 0 Å². The second kappa shape index (κ2) is 6.29. The van der Waals surface area contributed by atoms with Crippen LogP contribution in [0.15, 0.2) is 42.6 Å². The lowest BCUT2D eigenvalue weighted by atomic mass is 10.1. The molecule has 0 radical (unpaired) electrons. The van der Waals surface area contributed by atoms with Gasteiger partial charge in [0.15, 0.2) is 0 Å². The van der Waals surface area contributed by atoms with Crippen LogP contribution in [0.5, 0.6) is 0 Å². The molecule has 0 spiro atoms. The monoisotopic (exact) mass is 272 g/mol. The number of amides is 1. The van der Waals surface area contributed by atoms with E-state index in [1.54, 1.807) is 18.3 Å². The Morgan fingerprint density at radius 2 is 2.05 bits per heavy atom. The maximum Gasteiger partial charge on any atom is 0.254 e. The molecule has 0 saturated heterocycles. The maximum atomic E-state index is 11.9. The zero-order valence-corrected chi connectivity index (χ0v) is 11.6. The molecule has 0 saturated carbocycles. The molecule has 98 valence electrons. The molecule has 0 atom stereocenters. The molecule has 0 fully saturated rings. The number of pyridine rings is 1.